The van der Waals surface area contributed by atoms with E-state index in [9.17, 15) is 9.59 Å². The molecule has 2 N–H and O–H groups in total. The molecule has 0 saturated heterocycles. The summed E-state index contributed by atoms with van der Waals surface area (Å²) in [7, 11) is 0. The number of carbonyl (C=O) groups is 2. The van der Waals surface area contributed by atoms with Crippen molar-refractivity contribution in [2.75, 3.05) is 0 Å². The molecule has 1 aromatic rings. The van der Waals surface area contributed by atoms with Crippen molar-refractivity contribution in [3.05, 3.63) is 35.9 Å². The van der Waals surface area contributed by atoms with Crippen LogP contribution >= 0.6 is 0 Å². The fourth-order valence-electron chi connectivity index (χ4n) is 3.44. The molecule has 162 valence electrons. The second-order valence-electron chi connectivity index (χ2n) is 8.82. The smallest absolute Gasteiger partial charge is 0.408 e. The molecule has 0 heterocycles. The second kappa shape index (κ2) is 11.2. The minimum Gasteiger partial charge on any atom is -0.444 e. The molecular formula is C23H36N2O4. The number of amides is 2. The number of carbonyl (C=O) groups excluding carboxylic acids is 2. The van der Waals surface area contributed by atoms with Gasteiger partial charge in [0, 0.05) is 6.04 Å². The third kappa shape index (κ3) is 8.86. The summed E-state index contributed by atoms with van der Waals surface area (Å²) in [6.45, 7) is 7.55. The summed E-state index contributed by atoms with van der Waals surface area (Å²) >= 11 is 0. The van der Waals surface area contributed by atoms with Crippen molar-refractivity contribution in [1.82, 2.24) is 10.6 Å². The zero-order valence-electron chi connectivity index (χ0n) is 18.2. The van der Waals surface area contributed by atoms with Crippen LogP contribution in [0.25, 0.3) is 0 Å². The van der Waals surface area contributed by atoms with Crippen molar-refractivity contribution in [3.63, 3.8) is 0 Å². The van der Waals surface area contributed by atoms with Crippen LogP contribution in [0.1, 0.15) is 71.8 Å². The number of ether oxygens (including phenoxy) is 2. The van der Waals surface area contributed by atoms with E-state index in [4.69, 9.17) is 9.47 Å². The lowest BCUT2D eigenvalue weighted by molar-refractivity contribution is -0.128. The van der Waals surface area contributed by atoms with Gasteiger partial charge >= 0.3 is 6.09 Å². The lowest BCUT2D eigenvalue weighted by Crippen LogP contribution is -2.55. The Bertz CT molecular complexity index is 634. The van der Waals surface area contributed by atoms with Gasteiger partial charge in [-0.05, 0) is 46.1 Å². The highest BCUT2D eigenvalue weighted by molar-refractivity contribution is 5.86. The zero-order chi connectivity index (χ0) is 21.3. The van der Waals surface area contributed by atoms with Gasteiger partial charge in [0.05, 0.1) is 12.7 Å². The first-order valence-corrected chi connectivity index (χ1v) is 10.7. The van der Waals surface area contributed by atoms with E-state index in [0.29, 0.717) is 6.61 Å². The molecule has 1 aromatic carbocycles. The van der Waals surface area contributed by atoms with Gasteiger partial charge in [-0.1, -0.05) is 56.0 Å². The first-order chi connectivity index (χ1) is 13.7. The first kappa shape index (κ1) is 23.2. The number of hydrogen-bond acceptors (Lipinski definition) is 4. The molecule has 0 spiro atoms. The van der Waals surface area contributed by atoms with Gasteiger partial charge < -0.3 is 20.1 Å². The van der Waals surface area contributed by atoms with E-state index >= 15 is 0 Å². The highest BCUT2D eigenvalue weighted by Gasteiger charge is 2.31. The molecule has 0 radical (unpaired) electrons. The van der Waals surface area contributed by atoms with Crippen molar-refractivity contribution in [1.29, 1.82) is 0 Å². The second-order valence-corrected chi connectivity index (χ2v) is 8.82. The van der Waals surface area contributed by atoms with Crippen LogP contribution in [0.4, 0.5) is 4.79 Å². The van der Waals surface area contributed by atoms with Crippen LogP contribution in [0.15, 0.2) is 30.3 Å². The lowest BCUT2D eigenvalue weighted by atomic mass is 10.1. The number of nitrogens with one attached hydrogen (secondary N) is 2. The highest BCUT2D eigenvalue weighted by atomic mass is 16.6. The summed E-state index contributed by atoms with van der Waals surface area (Å²) in [5.41, 5.74) is 0.375. The first-order valence-electron chi connectivity index (χ1n) is 10.7. The summed E-state index contributed by atoms with van der Waals surface area (Å²) in [6.07, 6.45) is 5.49. The highest BCUT2D eigenvalue weighted by Crippen LogP contribution is 2.18. The Balaban J connectivity index is 2.02. The SMILES string of the molecule is C[C@H](OCc1ccccc1)[C@H](NC(=O)OC(C)(C)C)C(=O)NC1CCCCCC1. The van der Waals surface area contributed by atoms with Gasteiger partial charge in [0.2, 0.25) is 5.91 Å². The van der Waals surface area contributed by atoms with Crippen molar-refractivity contribution in [2.24, 2.45) is 0 Å². The van der Waals surface area contributed by atoms with Crippen LogP contribution in [0.2, 0.25) is 0 Å². The molecule has 2 atom stereocenters. The van der Waals surface area contributed by atoms with E-state index < -0.39 is 23.8 Å². The quantitative estimate of drug-likeness (QED) is 0.664. The largest absolute Gasteiger partial charge is 0.444 e. The van der Waals surface area contributed by atoms with Crippen LogP contribution in [0, 0.1) is 0 Å². The number of hydrogen-bond donors (Lipinski definition) is 2. The minimum atomic E-state index is -0.822. The Morgan fingerprint density at radius 2 is 1.69 bits per heavy atom. The van der Waals surface area contributed by atoms with E-state index in [1.807, 2.05) is 30.3 Å². The summed E-state index contributed by atoms with van der Waals surface area (Å²) < 4.78 is 11.3. The van der Waals surface area contributed by atoms with E-state index in [1.54, 1.807) is 27.7 Å². The summed E-state index contributed by atoms with van der Waals surface area (Å²) in [5, 5.41) is 5.83. The number of rotatable bonds is 7. The van der Waals surface area contributed by atoms with Gasteiger partial charge in [0.25, 0.3) is 0 Å². The number of alkyl carbamates (subject to hydrolysis) is 1. The maximum Gasteiger partial charge on any atom is 0.408 e. The minimum absolute atomic E-state index is 0.147. The monoisotopic (exact) mass is 404 g/mol. The molecule has 1 aliphatic carbocycles. The molecule has 0 aliphatic heterocycles. The fourth-order valence-corrected chi connectivity index (χ4v) is 3.44. The predicted molar refractivity (Wildman–Crippen MR) is 113 cm³/mol. The van der Waals surface area contributed by atoms with Crippen LogP contribution < -0.4 is 10.6 Å². The van der Waals surface area contributed by atoms with E-state index in [1.165, 1.54) is 12.8 Å². The van der Waals surface area contributed by atoms with Crippen LogP contribution in [-0.2, 0) is 20.9 Å². The third-order valence-electron chi connectivity index (χ3n) is 4.98. The summed E-state index contributed by atoms with van der Waals surface area (Å²) in [4.78, 5) is 25.3. The van der Waals surface area contributed by atoms with Gasteiger partial charge in [-0.3, -0.25) is 4.79 Å². The predicted octanol–water partition coefficient (Wildman–Crippen LogP) is 4.32. The molecule has 29 heavy (non-hydrogen) atoms. The molecule has 2 rings (SSSR count). The average molecular weight is 405 g/mol. The Morgan fingerprint density at radius 3 is 2.28 bits per heavy atom. The molecule has 6 nitrogen and oxygen atoms in total. The summed E-state index contributed by atoms with van der Waals surface area (Å²) in [6, 6.07) is 9.09. The van der Waals surface area contributed by atoms with E-state index in [2.05, 4.69) is 10.6 Å². The molecule has 1 saturated carbocycles. The van der Waals surface area contributed by atoms with E-state index in [-0.39, 0.29) is 11.9 Å². The maximum atomic E-state index is 13.0. The summed E-state index contributed by atoms with van der Waals surface area (Å²) in [5.74, 6) is -0.219. The molecule has 0 aromatic heterocycles. The van der Waals surface area contributed by atoms with Gasteiger partial charge in [-0.25, -0.2) is 4.79 Å². The normalized spacial score (nSPS) is 17.7. The average Bonchev–Trinajstić information content (AvgIpc) is 2.92. The van der Waals surface area contributed by atoms with Crippen LogP contribution in [-0.4, -0.2) is 35.8 Å². The van der Waals surface area contributed by atoms with Crippen molar-refractivity contribution >= 4 is 12.0 Å². The lowest BCUT2D eigenvalue weighted by Gasteiger charge is -2.28. The van der Waals surface area contributed by atoms with Gasteiger partial charge in [0.1, 0.15) is 11.6 Å². The molecule has 6 heteroatoms. The Hall–Kier alpha value is -2.08. The van der Waals surface area contributed by atoms with Gasteiger partial charge in [-0.2, -0.15) is 0 Å². The molecule has 0 unspecified atom stereocenters. The Morgan fingerprint density at radius 1 is 1.07 bits per heavy atom. The molecule has 2 amide bonds. The van der Waals surface area contributed by atoms with Crippen LogP contribution in [0.5, 0.6) is 0 Å². The number of benzene rings is 1. The van der Waals surface area contributed by atoms with Crippen LogP contribution in [0.3, 0.4) is 0 Å². The molecule has 1 fully saturated rings. The molecular weight excluding hydrogens is 368 g/mol. The standard InChI is InChI=1S/C23H36N2O4/c1-17(28-16-18-12-8-7-9-13-18)20(25-22(27)29-23(2,3)4)21(26)24-19-14-10-5-6-11-15-19/h7-9,12-13,17,19-20H,5-6,10-11,14-16H2,1-4H3,(H,24,26)(H,25,27)/t17-,20-/m0/s1. The van der Waals surface area contributed by atoms with Gasteiger partial charge in [-0.15, -0.1) is 0 Å². The topological polar surface area (TPSA) is 76.7 Å². The Labute approximate surface area is 174 Å². The van der Waals surface area contributed by atoms with E-state index in [0.717, 1.165) is 31.2 Å². The fraction of sp³-hybridized carbons (Fsp3) is 0.652. The third-order valence-corrected chi connectivity index (χ3v) is 4.98. The van der Waals surface area contributed by atoms with Gasteiger partial charge in [0.15, 0.2) is 0 Å². The molecule has 0 bridgehead atoms. The Kier molecular flexibility index (Phi) is 8.96. The molecule has 1 aliphatic rings. The van der Waals surface area contributed by atoms with Crippen molar-refractivity contribution < 1.29 is 19.1 Å². The maximum absolute atomic E-state index is 13.0. The van der Waals surface area contributed by atoms with Crippen molar-refractivity contribution in [2.45, 2.75) is 96.6 Å². The van der Waals surface area contributed by atoms with Crippen molar-refractivity contribution in [3.8, 4) is 0 Å². The zero-order valence-corrected chi connectivity index (χ0v) is 18.2.